The maximum Gasteiger partial charge on any atom is 0.222 e. The van der Waals surface area contributed by atoms with Crippen molar-refractivity contribution in [3.63, 3.8) is 0 Å². The molecule has 1 fully saturated rings. The first-order chi connectivity index (χ1) is 10.6. The molecule has 2 rings (SSSR count). The van der Waals surface area contributed by atoms with Gasteiger partial charge in [0.25, 0.3) is 0 Å². The van der Waals surface area contributed by atoms with Crippen molar-refractivity contribution in [2.24, 2.45) is 0 Å². The van der Waals surface area contributed by atoms with E-state index in [0.29, 0.717) is 19.3 Å². The molecule has 1 aliphatic rings. The van der Waals surface area contributed by atoms with Gasteiger partial charge in [0.2, 0.25) is 11.8 Å². The Morgan fingerprint density at radius 3 is 2.45 bits per heavy atom. The van der Waals surface area contributed by atoms with Gasteiger partial charge in [0.1, 0.15) is 5.82 Å². The van der Waals surface area contributed by atoms with E-state index in [9.17, 15) is 14.0 Å². The molecule has 0 bridgehead atoms. The largest absolute Gasteiger partial charge is 0.353 e. The molecule has 0 radical (unpaired) electrons. The summed E-state index contributed by atoms with van der Waals surface area (Å²) >= 11 is 0. The minimum Gasteiger partial charge on any atom is -0.353 e. The predicted octanol–water partition coefficient (Wildman–Crippen LogP) is 2.28. The van der Waals surface area contributed by atoms with Crippen molar-refractivity contribution in [3.05, 3.63) is 35.6 Å². The molecule has 0 spiro atoms. The number of hydrogen-bond donors (Lipinski definition) is 1. The molecule has 4 nitrogen and oxygen atoms in total. The molecule has 120 valence electrons. The van der Waals surface area contributed by atoms with E-state index in [4.69, 9.17) is 0 Å². The average Bonchev–Trinajstić information content (AvgIpc) is 2.54. The van der Waals surface area contributed by atoms with Crippen molar-refractivity contribution in [3.8, 4) is 0 Å². The summed E-state index contributed by atoms with van der Waals surface area (Å²) < 4.78 is 12.8. The normalized spacial score (nSPS) is 15.6. The molecular weight excluding hydrogens is 283 g/mol. The highest BCUT2D eigenvalue weighted by Gasteiger charge is 2.22. The number of amides is 2. The van der Waals surface area contributed by atoms with Gasteiger partial charge in [0, 0.05) is 32.0 Å². The summed E-state index contributed by atoms with van der Waals surface area (Å²) in [5.41, 5.74) is 0.958. The molecular formula is C17H23FN2O2. The van der Waals surface area contributed by atoms with E-state index in [0.717, 1.165) is 31.5 Å². The van der Waals surface area contributed by atoms with Crippen LogP contribution in [0.15, 0.2) is 24.3 Å². The molecule has 22 heavy (non-hydrogen) atoms. The van der Waals surface area contributed by atoms with E-state index in [1.54, 1.807) is 12.1 Å². The Labute approximate surface area is 130 Å². The Hall–Kier alpha value is -1.91. The zero-order chi connectivity index (χ0) is 15.9. The SMILES string of the molecule is CCC(=O)N1CCC(NC(=O)CCc2ccc(F)cc2)CC1. The summed E-state index contributed by atoms with van der Waals surface area (Å²) in [6.45, 7) is 3.30. The third-order valence-electron chi connectivity index (χ3n) is 4.07. The first-order valence-corrected chi connectivity index (χ1v) is 7.90. The summed E-state index contributed by atoms with van der Waals surface area (Å²) in [5.74, 6) is -0.0627. The van der Waals surface area contributed by atoms with Crippen molar-refractivity contribution in [2.45, 2.75) is 45.1 Å². The summed E-state index contributed by atoms with van der Waals surface area (Å²) in [7, 11) is 0. The highest BCUT2D eigenvalue weighted by molar-refractivity contribution is 5.77. The van der Waals surface area contributed by atoms with Gasteiger partial charge in [-0.2, -0.15) is 0 Å². The number of hydrogen-bond acceptors (Lipinski definition) is 2. The fourth-order valence-corrected chi connectivity index (χ4v) is 2.71. The second-order valence-corrected chi connectivity index (χ2v) is 5.70. The number of halogens is 1. The van der Waals surface area contributed by atoms with Gasteiger partial charge in [0.05, 0.1) is 0 Å². The van der Waals surface area contributed by atoms with Gasteiger partial charge in [-0.25, -0.2) is 4.39 Å². The smallest absolute Gasteiger partial charge is 0.222 e. The van der Waals surface area contributed by atoms with E-state index in [1.165, 1.54) is 12.1 Å². The molecule has 0 saturated carbocycles. The maximum atomic E-state index is 12.8. The van der Waals surface area contributed by atoms with Crippen LogP contribution in [0.2, 0.25) is 0 Å². The van der Waals surface area contributed by atoms with E-state index < -0.39 is 0 Å². The monoisotopic (exact) mass is 306 g/mol. The summed E-state index contributed by atoms with van der Waals surface area (Å²) in [5, 5.41) is 3.03. The second-order valence-electron chi connectivity index (χ2n) is 5.70. The van der Waals surface area contributed by atoms with Crippen molar-refractivity contribution >= 4 is 11.8 Å². The Morgan fingerprint density at radius 2 is 1.86 bits per heavy atom. The molecule has 1 N–H and O–H groups in total. The molecule has 0 aromatic heterocycles. The lowest BCUT2D eigenvalue weighted by atomic mass is 10.0. The predicted molar refractivity (Wildman–Crippen MR) is 82.8 cm³/mol. The lowest BCUT2D eigenvalue weighted by Crippen LogP contribution is -2.46. The Kier molecular flexibility index (Phi) is 5.92. The number of likely N-dealkylation sites (tertiary alicyclic amines) is 1. The number of carbonyl (C=O) groups is 2. The fourth-order valence-electron chi connectivity index (χ4n) is 2.71. The number of carbonyl (C=O) groups excluding carboxylic acids is 2. The number of rotatable bonds is 5. The number of nitrogens with one attached hydrogen (secondary N) is 1. The number of benzene rings is 1. The van der Waals surface area contributed by atoms with Crippen LogP contribution in [-0.4, -0.2) is 35.8 Å². The number of aryl methyl sites for hydroxylation is 1. The lowest BCUT2D eigenvalue weighted by Gasteiger charge is -2.32. The van der Waals surface area contributed by atoms with Crippen molar-refractivity contribution < 1.29 is 14.0 Å². The molecule has 0 aliphatic carbocycles. The molecule has 0 unspecified atom stereocenters. The highest BCUT2D eigenvalue weighted by atomic mass is 19.1. The minimum atomic E-state index is -0.262. The van der Waals surface area contributed by atoms with Gasteiger partial charge in [0.15, 0.2) is 0 Å². The lowest BCUT2D eigenvalue weighted by molar-refractivity contribution is -0.132. The van der Waals surface area contributed by atoms with E-state index in [-0.39, 0.29) is 23.7 Å². The van der Waals surface area contributed by atoms with Gasteiger partial charge in [-0.05, 0) is 37.0 Å². The minimum absolute atomic E-state index is 0.0181. The van der Waals surface area contributed by atoms with E-state index >= 15 is 0 Å². The van der Waals surface area contributed by atoms with Gasteiger partial charge in [-0.1, -0.05) is 19.1 Å². The van der Waals surface area contributed by atoms with Crippen LogP contribution in [0.25, 0.3) is 0 Å². The summed E-state index contributed by atoms with van der Waals surface area (Å²) in [6, 6.07) is 6.39. The van der Waals surface area contributed by atoms with Crippen LogP contribution in [0.3, 0.4) is 0 Å². The average molecular weight is 306 g/mol. The fraction of sp³-hybridized carbons (Fsp3) is 0.529. The third-order valence-corrected chi connectivity index (χ3v) is 4.07. The first kappa shape index (κ1) is 16.5. The number of nitrogens with zero attached hydrogens (tertiary/aromatic N) is 1. The van der Waals surface area contributed by atoms with E-state index in [2.05, 4.69) is 5.32 Å². The Bertz CT molecular complexity index is 508. The van der Waals surface area contributed by atoms with Crippen LogP contribution in [0.1, 0.15) is 38.2 Å². The van der Waals surface area contributed by atoms with Crippen molar-refractivity contribution in [2.75, 3.05) is 13.1 Å². The topological polar surface area (TPSA) is 49.4 Å². The zero-order valence-electron chi connectivity index (χ0n) is 13.0. The van der Waals surface area contributed by atoms with E-state index in [1.807, 2.05) is 11.8 Å². The number of piperidine rings is 1. The standard InChI is InChI=1S/C17H23FN2O2/c1-2-17(22)20-11-9-15(10-12-20)19-16(21)8-5-13-3-6-14(18)7-4-13/h3-4,6-7,15H,2,5,8-12H2,1H3,(H,19,21). The molecule has 1 aromatic rings. The second kappa shape index (κ2) is 7.92. The summed E-state index contributed by atoms with van der Waals surface area (Å²) in [6.07, 6.45) is 3.18. The van der Waals surface area contributed by atoms with Gasteiger partial charge in [-0.15, -0.1) is 0 Å². The molecule has 1 aromatic carbocycles. The Balaban J connectivity index is 1.69. The summed E-state index contributed by atoms with van der Waals surface area (Å²) in [4.78, 5) is 25.4. The Morgan fingerprint density at radius 1 is 1.23 bits per heavy atom. The van der Waals surface area contributed by atoms with Crippen LogP contribution in [0, 0.1) is 5.82 Å². The molecule has 0 atom stereocenters. The first-order valence-electron chi connectivity index (χ1n) is 7.90. The van der Waals surface area contributed by atoms with Gasteiger partial charge >= 0.3 is 0 Å². The molecule has 5 heteroatoms. The quantitative estimate of drug-likeness (QED) is 0.907. The molecule has 2 amide bonds. The highest BCUT2D eigenvalue weighted by Crippen LogP contribution is 2.12. The van der Waals surface area contributed by atoms with Crippen molar-refractivity contribution in [1.82, 2.24) is 10.2 Å². The van der Waals surface area contributed by atoms with Crippen LogP contribution in [0.5, 0.6) is 0 Å². The maximum absolute atomic E-state index is 12.8. The third kappa shape index (κ3) is 4.83. The van der Waals surface area contributed by atoms with Crippen molar-refractivity contribution in [1.29, 1.82) is 0 Å². The molecule has 1 aliphatic heterocycles. The van der Waals surface area contributed by atoms with Crippen LogP contribution < -0.4 is 5.32 Å². The van der Waals surface area contributed by atoms with Crippen LogP contribution >= 0.6 is 0 Å². The van der Waals surface area contributed by atoms with Gasteiger partial charge < -0.3 is 10.2 Å². The molecule has 1 saturated heterocycles. The molecule has 1 heterocycles. The van der Waals surface area contributed by atoms with Gasteiger partial charge in [-0.3, -0.25) is 9.59 Å². The van der Waals surface area contributed by atoms with Crippen LogP contribution in [0.4, 0.5) is 4.39 Å². The van der Waals surface area contributed by atoms with Crippen LogP contribution in [-0.2, 0) is 16.0 Å². The zero-order valence-corrected chi connectivity index (χ0v) is 13.0.